The van der Waals surface area contributed by atoms with Crippen LogP contribution in [0.2, 0.25) is 5.02 Å². The van der Waals surface area contributed by atoms with Gasteiger partial charge in [0.2, 0.25) is 5.91 Å². The van der Waals surface area contributed by atoms with E-state index in [0.29, 0.717) is 18.8 Å². The third kappa shape index (κ3) is 6.16. The van der Waals surface area contributed by atoms with Crippen LogP contribution < -0.4 is 5.73 Å². The van der Waals surface area contributed by atoms with E-state index in [2.05, 4.69) is 13.8 Å². The van der Waals surface area contributed by atoms with Crippen molar-refractivity contribution < 1.29 is 4.79 Å². The van der Waals surface area contributed by atoms with Crippen molar-refractivity contribution >= 4 is 29.3 Å². The molecule has 0 aliphatic rings. The van der Waals surface area contributed by atoms with Gasteiger partial charge in [0.1, 0.15) is 0 Å². The van der Waals surface area contributed by atoms with E-state index in [4.69, 9.17) is 17.3 Å². The molecule has 0 heterocycles. The van der Waals surface area contributed by atoms with Crippen LogP contribution in [-0.4, -0.2) is 36.7 Å². The molecule has 0 aliphatic heterocycles. The maximum Gasteiger partial charge on any atom is 0.232 e. The van der Waals surface area contributed by atoms with Gasteiger partial charge in [-0.05, 0) is 29.7 Å². The SMILES string of the molecule is CN(CC(C)(C)CN)C(=O)CSCc1ccc(Cl)cc1. The summed E-state index contributed by atoms with van der Waals surface area (Å²) in [5.74, 6) is 1.45. The van der Waals surface area contributed by atoms with Crippen LogP contribution in [0.5, 0.6) is 0 Å². The van der Waals surface area contributed by atoms with Gasteiger partial charge < -0.3 is 10.6 Å². The summed E-state index contributed by atoms with van der Waals surface area (Å²) in [6.45, 7) is 5.39. The average Bonchev–Trinajstić information content (AvgIpc) is 2.40. The molecule has 1 aromatic carbocycles. The Bertz CT molecular complexity index is 434. The molecule has 0 radical (unpaired) electrons. The quantitative estimate of drug-likeness (QED) is 0.841. The summed E-state index contributed by atoms with van der Waals surface area (Å²) in [5, 5.41) is 0.735. The van der Waals surface area contributed by atoms with Crippen molar-refractivity contribution in [1.29, 1.82) is 0 Å². The van der Waals surface area contributed by atoms with Gasteiger partial charge in [-0.3, -0.25) is 4.79 Å². The molecule has 0 saturated carbocycles. The maximum atomic E-state index is 12.0. The third-order valence-electron chi connectivity index (χ3n) is 3.05. The van der Waals surface area contributed by atoms with Crippen LogP contribution in [-0.2, 0) is 10.5 Å². The third-order valence-corrected chi connectivity index (χ3v) is 4.29. The number of nitrogens with zero attached hydrogens (tertiary/aromatic N) is 1. The number of benzene rings is 1. The van der Waals surface area contributed by atoms with Crippen LogP contribution >= 0.6 is 23.4 Å². The average molecular weight is 315 g/mol. The molecular formula is C15H23ClN2OS. The Kier molecular flexibility index (Phi) is 6.86. The summed E-state index contributed by atoms with van der Waals surface area (Å²) in [4.78, 5) is 13.8. The van der Waals surface area contributed by atoms with Crippen molar-refractivity contribution in [3.05, 3.63) is 34.9 Å². The zero-order valence-corrected chi connectivity index (χ0v) is 13.9. The largest absolute Gasteiger partial charge is 0.344 e. The Morgan fingerprint density at radius 3 is 2.50 bits per heavy atom. The zero-order chi connectivity index (χ0) is 15.2. The molecule has 0 unspecified atom stereocenters. The Balaban J connectivity index is 2.34. The van der Waals surface area contributed by atoms with Gasteiger partial charge in [-0.2, -0.15) is 0 Å². The molecule has 5 heteroatoms. The zero-order valence-electron chi connectivity index (χ0n) is 12.4. The molecule has 1 amide bonds. The fourth-order valence-electron chi connectivity index (χ4n) is 1.74. The van der Waals surface area contributed by atoms with Gasteiger partial charge in [0, 0.05) is 24.4 Å². The lowest BCUT2D eigenvalue weighted by Crippen LogP contribution is -2.40. The molecule has 20 heavy (non-hydrogen) atoms. The monoisotopic (exact) mass is 314 g/mol. The van der Waals surface area contributed by atoms with Crippen molar-refractivity contribution in [3.63, 3.8) is 0 Å². The molecule has 3 nitrogen and oxygen atoms in total. The van der Waals surface area contributed by atoms with E-state index in [1.165, 1.54) is 5.56 Å². The van der Waals surface area contributed by atoms with E-state index in [1.807, 2.05) is 31.3 Å². The second-order valence-corrected chi connectivity index (χ2v) is 7.16. The molecule has 112 valence electrons. The summed E-state index contributed by atoms with van der Waals surface area (Å²) >= 11 is 7.45. The molecule has 2 N–H and O–H groups in total. The molecule has 0 fully saturated rings. The highest BCUT2D eigenvalue weighted by Gasteiger charge is 2.20. The predicted molar refractivity (Wildman–Crippen MR) is 88.1 cm³/mol. The first kappa shape index (κ1) is 17.3. The smallest absolute Gasteiger partial charge is 0.232 e. The summed E-state index contributed by atoms with van der Waals surface area (Å²) in [7, 11) is 1.84. The first-order valence-electron chi connectivity index (χ1n) is 6.60. The molecule has 0 atom stereocenters. The lowest BCUT2D eigenvalue weighted by Gasteiger charge is -2.29. The molecule has 0 bridgehead atoms. The number of rotatable bonds is 7. The lowest BCUT2D eigenvalue weighted by atomic mass is 9.93. The fraction of sp³-hybridized carbons (Fsp3) is 0.533. The van der Waals surface area contributed by atoms with Crippen LogP contribution in [0.25, 0.3) is 0 Å². The van der Waals surface area contributed by atoms with Crippen LogP contribution in [0.15, 0.2) is 24.3 Å². The number of halogens is 1. The van der Waals surface area contributed by atoms with E-state index in [9.17, 15) is 4.79 Å². The van der Waals surface area contributed by atoms with Crippen molar-refractivity contribution in [3.8, 4) is 0 Å². The Labute approximate surface area is 130 Å². The minimum Gasteiger partial charge on any atom is -0.344 e. The maximum absolute atomic E-state index is 12.0. The van der Waals surface area contributed by atoms with Gasteiger partial charge in [0.15, 0.2) is 0 Å². The molecule has 0 aromatic heterocycles. The second-order valence-electron chi connectivity index (χ2n) is 5.74. The number of nitrogens with two attached hydrogens (primary N) is 1. The van der Waals surface area contributed by atoms with Crippen LogP contribution in [0.1, 0.15) is 19.4 Å². The number of thioether (sulfide) groups is 1. The van der Waals surface area contributed by atoms with Crippen LogP contribution in [0.4, 0.5) is 0 Å². The van der Waals surface area contributed by atoms with Gasteiger partial charge in [0.25, 0.3) is 0 Å². The highest BCUT2D eigenvalue weighted by Crippen LogP contribution is 2.17. The predicted octanol–water partition coefficient (Wildman–Crippen LogP) is 3.02. The number of carbonyl (C=O) groups excluding carboxylic acids is 1. The van der Waals surface area contributed by atoms with E-state index in [-0.39, 0.29) is 11.3 Å². The summed E-state index contributed by atoms with van der Waals surface area (Å²) in [5.41, 5.74) is 6.83. The standard InChI is InChI=1S/C15H23ClN2OS/c1-15(2,10-17)11-18(3)14(19)9-20-8-12-4-6-13(16)7-5-12/h4-7H,8-11,17H2,1-3H3. The Hall–Kier alpha value is -0.710. The van der Waals surface area contributed by atoms with Crippen LogP contribution in [0, 0.1) is 5.41 Å². The lowest BCUT2D eigenvalue weighted by molar-refractivity contribution is -0.128. The van der Waals surface area contributed by atoms with Crippen molar-refractivity contribution in [2.45, 2.75) is 19.6 Å². The van der Waals surface area contributed by atoms with E-state index in [0.717, 1.165) is 10.8 Å². The van der Waals surface area contributed by atoms with E-state index < -0.39 is 0 Å². The highest BCUT2D eigenvalue weighted by molar-refractivity contribution is 7.99. The molecule has 0 aliphatic carbocycles. The topological polar surface area (TPSA) is 46.3 Å². The molecule has 0 saturated heterocycles. The first-order chi connectivity index (χ1) is 9.34. The van der Waals surface area contributed by atoms with Gasteiger partial charge >= 0.3 is 0 Å². The fourth-order valence-corrected chi connectivity index (χ4v) is 2.79. The van der Waals surface area contributed by atoms with Gasteiger partial charge in [-0.1, -0.05) is 37.6 Å². The number of carbonyl (C=O) groups is 1. The minimum absolute atomic E-state index is 0.0365. The van der Waals surface area contributed by atoms with Gasteiger partial charge in [-0.25, -0.2) is 0 Å². The number of amides is 1. The van der Waals surface area contributed by atoms with E-state index >= 15 is 0 Å². The first-order valence-corrected chi connectivity index (χ1v) is 8.13. The number of hydrogen-bond acceptors (Lipinski definition) is 3. The molecule has 0 spiro atoms. The van der Waals surface area contributed by atoms with Gasteiger partial charge in [0.05, 0.1) is 5.75 Å². The van der Waals surface area contributed by atoms with Crippen molar-refractivity contribution in [2.24, 2.45) is 11.1 Å². The summed E-state index contributed by atoms with van der Waals surface area (Å²) < 4.78 is 0. The Morgan fingerprint density at radius 1 is 1.35 bits per heavy atom. The normalized spacial score (nSPS) is 11.4. The summed E-state index contributed by atoms with van der Waals surface area (Å²) in [6.07, 6.45) is 0. The van der Waals surface area contributed by atoms with Crippen molar-refractivity contribution in [2.75, 3.05) is 25.9 Å². The Morgan fingerprint density at radius 2 is 1.95 bits per heavy atom. The number of hydrogen-bond donors (Lipinski definition) is 1. The van der Waals surface area contributed by atoms with E-state index in [1.54, 1.807) is 16.7 Å². The minimum atomic E-state index is -0.0365. The van der Waals surface area contributed by atoms with Gasteiger partial charge in [-0.15, -0.1) is 11.8 Å². The molecule has 1 aromatic rings. The molecular weight excluding hydrogens is 292 g/mol. The second kappa shape index (κ2) is 7.91. The highest BCUT2D eigenvalue weighted by atomic mass is 35.5. The summed E-state index contributed by atoms with van der Waals surface area (Å²) in [6, 6.07) is 7.71. The van der Waals surface area contributed by atoms with Crippen LogP contribution in [0.3, 0.4) is 0 Å². The van der Waals surface area contributed by atoms with Crippen molar-refractivity contribution in [1.82, 2.24) is 4.90 Å². The molecule has 1 rings (SSSR count).